The topological polar surface area (TPSA) is 77.2 Å². The minimum absolute atomic E-state index is 0.534. The van der Waals surface area contributed by atoms with Crippen LogP contribution in [0.15, 0.2) is 48.5 Å². The molecule has 5 heteroatoms. The van der Waals surface area contributed by atoms with E-state index < -0.39 is 5.91 Å². The number of carbonyl (C=O) groups excluding carboxylic acids is 1. The predicted molar refractivity (Wildman–Crippen MR) is 116 cm³/mol. The second-order valence-electron chi connectivity index (χ2n) is 7.61. The van der Waals surface area contributed by atoms with Crippen molar-refractivity contribution in [2.45, 2.75) is 38.6 Å². The molecule has 4 N–H and O–H groups in total. The van der Waals surface area contributed by atoms with Gasteiger partial charge in [-0.1, -0.05) is 42.5 Å². The molecule has 4 rings (SSSR count). The number of benzene rings is 2. The number of carbonyl (C=O) groups is 1. The van der Waals surface area contributed by atoms with Crippen molar-refractivity contribution in [2.24, 2.45) is 0 Å². The van der Waals surface area contributed by atoms with Crippen LogP contribution in [0, 0.1) is 0 Å². The van der Waals surface area contributed by atoms with E-state index >= 15 is 0 Å². The number of hydrogen-bond acceptors (Lipinski definition) is 3. The second kappa shape index (κ2) is 9.07. The zero-order valence-corrected chi connectivity index (χ0v) is 16.5. The molecule has 1 amide bonds. The molecule has 0 saturated heterocycles. The summed E-state index contributed by atoms with van der Waals surface area (Å²) in [4.78, 5) is 14.7. The lowest BCUT2D eigenvalue weighted by Crippen LogP contribution is -2.16. The van der Waals surface area contributed by atoms with Crippen LogP contribution >= 0.6 is 0 Å². The first-order chi connectivity index (χ1) is 14.2. The molecule has 0 spiro atoms. The molecular weight excluding hydrogens is 362 g/mol. The highest BCUT2D eigenvalue weighted by Crippen LogP contribution is 2.30. The van der Waals surface area contributed by atoms with Crippen molar-refractivity contribution in [2.75, 3.05) is 6.54 Å². The van der Waals surface area contributed by atoms with E-state index in [2.05, 4.69) is 28.5 Å². The van der Waals surface area contributed by atoms with Gasteiger partial charge in [-0.05, 0) is 67.0 Å². The van der Waals surface area contributed by atoms with Gasteiger partial charge in [-0.3, -0.25) is 10.0 Å². The summed E-state index contributed by atoms with van der Waals surface area (Å²) in [5.41, 5.74) is 9.38. The summed E-state index contributed by atoms with van der Waals surface area (Å²) in [6, 6.07) is 14.7. The molecule has 5 nitrogen and oxygen atoms in total. The Morgan fingerprint density at radius 3 is 2.76 bits per heavy atom. The molecule has 1 aliphatic carbocycles. The monoisotopic (exact) mass is 389 g/mol. The van der Waals surface area contributed by atoms with Crippen molar-refractivity contribution >= 4 is 22.9 Å². The van der Waals surface area contributed by atoms with Gasteiger partial charge in [-0.25, -0.2) is 5.48 Å². The summed E-state index contributed by atoms with van der Waals surface area (Å²) in [6.07, 6.45) is 8.93. The van der Waals surface area contributed by atoms with E-state index in [1.807, 2.05) is 24.3 Å². The molecule has 0 radical (unpaired) electrons. The molecule has 0 aliphatic heterocycles. The van der Waals surface area contributed by atoms with Gasteiger partial charge in [-0.15, -0.1) is 0 Å². The van der Waals surface area contributed by atoms with Crippen molar-refractivity contribution in [3.05, 3.63) is 76.5 Å². The molecule has 2 aromatic carbocycles. The third kappa shape index (κ3) is 4.58. The zero-order chi connectivity index (χ0) is 20.1. The first kappa shape index (κ1) is 19.4. The number of hydroxylamine groups is 1. The van der Waals surface area contributed by atoms with E-state index in [1.54, 1.807) is 11.6 Å². The third-order valence-corrected chi connectivity index (χ3v) is 5.64. The second-order valence-corrected chi connectivity index (χ2v) is 7.61. The van der Waals surface area contributed by atoms with Crippen LogP contribution in [-0.2, 0) is 30.6 Å². The van der Waals surface area contributed by atoms with Gasteiger partial charge < -0.3 is 10.3 Å². The Bertz CT molecular complexity index is 1020. The van der Waals surface area contributed by atoms with E-state index in [1.165, 1.54) is 65.0 Å². The fourth-order valence-electron chi connectivity index (χ4n) is 4.11. The molecular formula is C24H27N3O2. The van der Waals surface area contributed by atoms with E-state index in [0.717, 1.165) is 25.1 Å². The van der Waals surface area contributed by atoms with Crippen molar-refractivity contribution in [3.8, 4) is 0 Å². The molecule has 0 fully saturated rings. The van der Waals surface area contributed by atoms with Gasteiger partial charge in [-0.2, -0.15) is 0 Å². The average Bonchev–Trinajstić information content (AvgIpc) is 3.15. The normalized spacial score (nSPS) is 13.7. The summed E-state index contributed by atoms with van der Waals surface area (Å²) >= 11 is 0. The molecule has 150 valence electrons. The van der Waals surface area contributed by atoms with Crippen LogP contribution < -0.4 is 10.8 Å². The summed E-state index contributed by atoms with van der Waals surface area (Å²) in [7, 11) is 0. The zero-order valence-electron chi connectivity index (χ0n) is 16.5. The SMILES string of the molecule is O=C(/C=C/c1ccc(CNCCc2cccc3c4c([nH]c23)CCCC4)cc1)NO. The molecule has 0 unspecified atom stereocenters. The van der Waals surface area contributed by atoms with Gasteiger partial charge in [0.05, 0.1) is 0 Å². The molecule has 0 atom stereocenters. The summed E-state index contributed by atoms with van der Waals surface area (Å²) in [5.74, 6) is -0.534. The third-order valence-electron chi connectivity index (χ3n) is 5.64. The highest BCUT2D eigenvalue weighted by atomic mass is 16.5. The minimum Gasteiger partial charge on any atom is -0.358 e. The van der Waals surface area contributed by atoms with Gasteiger partial charge in [0.1, 0.15) is 0 Å². The molecule has 3 aromatic rings. The standard InChI is InChI=1S/C24H27N3O2/c28-23(27-29)13-12-17-8-10-18(11-9-17)16-25-15-14-19-4-3-6-21-20-5-1-2-7-22(20)26-24(19)21/h3-4,6,8-13,25-26,29H,1-2,5,7,14-16H2,(H,27,28)/b13-12+. The van der Waals surface area contributed by atoms with Crippen LogP contribution in [0.1, 0.15) is 40.8 Å². The largest absolute Gasteiger partial charge is 0.358 e. The minimum atomic E-state index is -0.534. The van der Waals surface area contributed by atoms with Gasteiger partial charge in [0.25, 0.3) is 5.91 Å². The maximum atomic E-state index is 11.0. The summed E-state index contributed by atoms with van der Waals surface area (Å²) < 4.78 is 0. The smallest absolute Gasteiger partial charge is 0.267 e. The Balaban J connectivity index is 1.32. The molecule has 1 aromatic heterocycles. The molecule has 0 bridgehead atoms. The molecule has 29 heavy (non-hydrogen) atoms. The van der Waals surface area contributed by atoms with Crippen molar-refractivity contribution < 1.29 is 10.0 Å². The number of para-hydroxylation sites is 1. The average molecular weight is 389 g/mol. The van der Waals surface area contributed by atoms with E-state index in [-0.39, 0.29) is 0 Å². The number of fused-ring (bicyclic) bond motifs is 3. The van der Waals surface area contributed by atoms with Gasteiger partial charge >= 0.3 is 0 Å². The molecule has 0 saturated carbocycles. The Kier molecular flexibility index (Phi) is 6.08. The van der Waals surface area contributed by atoms with E-state index in [9.17, 15) is 4.79 Å². The van der Waals surface area contributed by atoms with Crippen molar-refractivity contribution in [3.63, 3.8) is 0 Å². The fourth-order valence-corrected chi connectivity index (χ4v) is 4.11. The number of rotatable bonds is 7. The van der Waals surface area contributed by atoms with Crippen molar-refractivity contribution in [1.29, 1.82) is 0 Å². The van der Waals surface area contributed by atoms with Crippen LogP contribution in [-0.4, -0.2) is 22.6 Å². The van der Waals surface area contributed by atoms with E-state index in [4.69, 9.17) is 5.21 Å². The summed E-state index contributed by atoms with van der Waals surface area (Å²) in [6.45, 7) is 1.72. The molecule has 1 heterocycles. The highest BCUT2D eigenvalue weighted by Gasteiger charge is 2.16. The quantitative estimate of drug-likeness (QED) is 0.214. The Hall–Kier alpha value is -2.89. The number of aromatic amines is 1. The van der Waals surface area contributed by atoms with Crippen LogP contribution in [0.25, 0.3) is 17.0 Å². The number of H-pyrrole nitrogens is 1. The number of amides is 1. The van der Waals surface area contributed by atoms with Crippen LogP contribution in [0.2, 0.25) is 0 Å². The Labute approximate surface area is 170 Å². The van der Waals surface area contributed by atoms with Gasteiger partial charge in [0, 0.05) is 29.2 Å². The number of aryl methyl sites for hydroxylation is 2. The Morgan fingerprint density at radius 1 is 1.10 bits per heavy atom. The first-order valence-electron chi connectivity index (χ1n) is 10.3. The highest BCUT2D eigenvalue weighted by molar-refractivity contribution is 5.90. The number of nitrogens with one attached hydrogen (secondary N) is 3. The van der Waals surface area contributed by atoms with E-state index in [0.29, 0.717) is 0 Å². The lowest BCUT2D eigenvalue weighted by atomic mass is 9.95. The maximum Gasteiger partial charge on any atom is 0.267 e. The van der Waals surface area contributed by atoms with Crippen LogP contribution in [0.5, 0.6) is 0 Å². The number of aromatic nitrogens is 1. The lowest BCUT2D eigenvalue weighted by molar-refractivity contribution is -0.124. The van der Waals surface area contributed by atoms with Crippen LogP contribution in [0.3, 0.4) is 0 Å². The number of hydrogen-bond donors (Lipinski definition) is 4. The fraction of sp³-hybridized carbons (Fsp3) is 0.292. The lowest BCUT2D eigenvalue weighted by Gasteiger charge is -2.10. The molecule has 1 aliphatic rings. The van der Waals surface area contributed by atoms with Crippen molar-refractivity contribution in [1.82, 2.24) is 15.8 Å². The van der Waals surface area contributed by atoms with Gasteiger partial charge in [0.2, 0.25) is 0 Å². The maximum absolute atomic E-state index is 11.0. The van der Waals surface area contributed by atoms with Crippen LogP contribution in [0.4, 0.5) is 0 Å². The summed E-state index contributed by atoms with van der Waals surface area (Å²) in [5, 5.41) is 13.4. The Morgan fingerprint density at radius 2 is 1.93 bits per heavy atom. The van der Waals surface area contributed by atoms with Gasteiger partial charge in [0.15, 0.2) is 0 Å². The first-order valence-corrected chi connectivity index (χ1v) is 10.3. The predicted octanol–water partition coefficient (Wildman–Crippen LogP) is 3.90.